The molecule has 248 valence electrons. The maximum Gasteiger partial charge on any atom is 0.0900 e. The van der Waals surface area contributed by atoms with Gasteiger partial charge in [0.15, 0.2) is 0 Å². The Balaban J connectivity index is 1.36. The zero-order chi connectivity index (χ0) is 35.2. The number of pyridine rings is 3. The molecule has 10 rings (SSSR count). The summed E-state index contributed by atoms with van der Waals surface area (Å²) in [5.41, 5.74) is 14.7. The molecule has 3 aromatic heterocycles. The van der Waals surface area contributed by atoms with E-state index < -0.39 is 5.41 Å². The lowest BCUT2D eigenvalue weighted by Crippen LogP contribution is -2.28. The molecule has 0 fully saturated rings. The maximum atomic E-state index is 5.16. The van der Waals surface area contributed by atoms with Crippen molar-refractivity contribution in [2.75, 3.05) is 0 Å². The van der Waals surface area contributed by atoms with Gasteiger partial charge in [0.25, 0.3) is 0 Å². The van der Waals surface area contributed by atoms with Gasteiger partial charge in [-0.25, -0.2) is 4.98 Å². The molecular formula is C50H33N3. The molecule has 53 heavy (non-hydrogen) atoms. The highest BCUT2D eigenvalue weighted by Crippen LogP contribution is 2.58. The van der Waals surface area contributed by atoms with Crippen molar-refractivity contribution in [3.63, 3.8) is 0 Å². The molecule has 0 radical (unpaired) electrons. The van der Waals surface area contributed by atoms with E-state index in [2.05, 4.69) is 152 Å². The van der Waals surface area contributed by atoms with E-state index in [0.29, 0.717) is 0 Å². The van der Waals surface area contributed by atoms with Crippen LogP contribution in [0.5, 0.6) is 0 Å². The van der Waals surface area contributed by atoms with Crippen LogP contribution in [0.3, 0.4) is 0 Å². The number of hydrogen-bond acceptors (Lipinski definition) is 3. The smallest absolute Gasteiger partial charge is 0.0900 e. The molecule has 0 atom stereocenters. The van der Waals surface area contributed by atoms with Crippen molar-refractivity contribution in [3.05, 3.63) is 223 Å². The molecule has 9 aromatic rings. The van der Waals surface area contributed by atoms with Gasteiger partial charge in [-0.2, -0.15) is 0 Å². The molecule has 0 aliphatic heterocycles. The minimum absolute atomic E-state index is 0.541. The first-order valence-corrected chi connectivity index (χ1v) is 18.0. The molecule has 3 heterocycles. The van der Waals surface area contributed by atoms with Gasteiger partial charge in [-0.3, -0.25) is 9.97 Å². The molecule has 0 amide bonds. The van der Waals surface area contributed by atoms with Crippen LogP contribution in [0.2, 0.25) is 0 Å². The van der Waals surface area contributed by atoms with Gasteiger partial charge in [0, 0.05) is 12.4 Å². The van der Waals surface area contributed by atoms with Crippen molar-refractivity contribution in [2.45, 2.75) is 5.41 Å². The third-order valence-corrected chi connectivity index (χ3v) is 10.7. The molecule has 0 saturated carbocycles. The van der Waals surface area contributed by atoms with E-state index in [1.807, 2.05) is 48.8 Å². The van der Waals surface area contributed by atoms with E-state index in [4.69, 9.17) is 15.0 Å². The van der Waals surface area contributed by atoms with Crippen molar-refractivity contribution < 1.29 is 0 Å². The molecule has 0 saturated heterocycles. The Morgan fingerprint density at radius 1 is 0.340 bits per heavy atom. The average molecular weight is 676 g/mol. The fourth-order valence-corrected chi connectivity index (χ4v) is 8.39. The second kappa shape index (κ2) is 12.7. The molecule has 3 nitrogen and oxygen atoms in total. The van der Waals surface area contributed by atoms with Crippen LogP contribution in [0.1, 0.15) is 22.3 Å². The molecular weight excluding hydrogens is 643 g/mol. The summed E-state index contributed by atoms with van der Waals surface area (Å²) < 4.78 is 0. The SMILES string of the molecule is c1ccc(C2(c3ccccc3)c3ccccc3-c3cc(-c4cccc5ccccc45)c(-c4cc(-c5ccccn5)nc(-c5ccccn5)c4)cc32)cc1. The maximum absolute atomic E-state index is 5.16. The largest absolute Gasteiger partial charge is 0.255 e. The van der Waals surface area contributed by atoms with Gasteiger partial charge >= 0.3 is 0 Å². The summed E-state index contributed by atoms with van der Waals surface area (Å²) in [6, 6.07) is 67.5. The molecule has 0 bridgehead atoms. The highest BCUT2D eigenvalue weighted by molar-refractivity contribution is 6.03. The number of nitrogens with zero attached hydrogens (tertiary/aromatic N) is 3. The molecule has 6 aromatic carbocycles. The molecule has 0 N–H and O–H groups in total. The van der Waals surface area contributed by atoms with Crippen molar-refractivity contribution in [1.29, 1.82) is 0 Å². The quantitative estimate of drug-likeness (QED) is 0.176. The van der Waals surface area contributed by atoms with Gasteiger partial charge in [-0.05, 0) is 115 Å². The number of aromatic nitrogens is 3. The number of fused-ring (bicyclic) bond motifs is 4. The van der Waals surface area contributed by atoms with Crippen LogP contribution in [0.15, 0.2) is 200 Å². The highest BCUT2D eigenvalue weighted by Gasteiger charge is 2.46. The van der Waals surface area contributed by atoms with Crippen molar-refractivity contribution in [2.24, 2.45) is 0 Å². The molecule has 0 unspecified atom stereocenters. The minimum atomic E-state index is -0.541. The molecule has 3 heteroatoms. The van der Waals surface area contributed by atoms with Gasteiger partial charge in [0.1, 0.15) is 0 Å². The predicted molar refractivity (Wildman–Crippen MR) is 216 cm³/mol. The van der Waals surface area contributed by atoms with Crippen molar-refractivity contribution >= 4 is 10.8 Å². The first-order valence-electron chi connectivity index (χ1n) is 18.0. The summed E-state index contributed by atoms with van der Waals surface area (Å²) in [4.78, 5) is 14.6. The van der Waals surface area contributed by atoms with E-state index in [-0.39, 0.29) is 0 Å². The zero-order valence-electron chi connectivity index (χ0n) is 28.9. The monoisotopic (exact) mass is 675 g/mol. The third kappa shape index (κ3) is 5.01. The molecule has 1 aliphatic carbocycles. The Labute approximate surface area is 309 Å². The second-order valence-electron chi connectivity index (χ2n) is 13.6. The summed E-state index contributed by atoms with van der Waals surface area (Å²) in [5.74, 6) is 0. The van der Waals surface area contributed by atoms with Gasteiger partial charge in [-0.15, -0.1) is 0 Å². The Morgan fingerprint density at radius 2 is 0.906 bits per heavy atom. The van der Waals surface area contributed by atoms with Crippen LogP contribution in [0, 0.1) is 0 Å². The highest BCUT2D eigenvalue weighted by atomic mass is 14.8. The van der Waals surface area contributed by atoms with E-state index in [9.17, 15) is 0 Å². The Kier molecular flexibility index (Phi) is 7.36. The summed E-state index contributed by atoms with van der Waals surface area (Å²) >= 11 is 0. The standard InChI is InChI=1S/C50H33N3/c1-3-18-36(19-4-1)50(37-20-5-2-6-21-37)44-25-10-9-23-40(44)43-32-42(39-24-15-17-34-16-7-8-22-38(34)39)41(33-45(43)50)35-30-48(46-26-11-13-28-51-46)53-49(31-35)47-27-12-14-29-52-47/h1-33H. The van der Waals surface area contributed by atoms with Gasteiger partial charge in [-0.1, -0.05) is 140 Å². The van der Waals surface area contributed by atoms with Gasteiger partial charge < -0.3 is 0 Å². The Hall–Kier alpha value is -6.97. The third-order valence-electron chi connectivity index (χ3n) is 10.7. The fourth-order valence-electron chi connectivity index (χ4n) is 8.39. The number of benzene rings is 6. The van der Waals surface area contributed by atoms with Crippen LogP contribution in [0.25, 0.3) is 66.9 Å². The number of hydrogen-bond donors (Lipinski definition) is 0. The van der Waals surface area contributed by atoms with E-state index >= 15 is 0 Å². The lowest BCUT2D eigenvalue weighted by molar-refractivity contribution is 0.769. The molecule has 1 aliphatic rings. The first-order chi connectivity index (χ1) is 26.3. The topological polar surface area (TPSA) is 38.7 Å². The van der Waals surface area contributed by atoms with Gasteiger partial charge in [0.05, 0.1) is 28.2 Å². The lowest BCUT2D eigenvalue weighted by Gasteiger charge is -2.34. The fraction of sp³-hybridized carbons (Fsp3) is 0.0200. The Bertz CT molecular complexity index is 2660. The minimum Gasteiger partial charge on any atom is -0.255 e. The van der Waals surface area contributed by atoms with E-state index in [1.165, 1.54) is 49.7 Å². The van der Waals surface area contributed by atoms with Crippen LogP contribution >= 0.6 is 0 Å². The predicted octanol–water partition coefficient (Wildman–Crippen LogP) is 12.1. The second-order valence-corrected chi connectivity index (χ2v) is 13.6. The zero-order valence-corrected chi connectivity index (χ0v) is 28.9. The van der Waals surface area contributed by atoms with Crippen LogP contribution in [-0.2, 0) is 5.41 Å². The van der Waals surface area contributed by atoms with Crippen LogP contribution < -0.4 is 0 Å². The van der Waals surface area contributed by atoms with Crippen LogP contribution in [0.4, 0.5) is 0 Å². The van der Waals surface area contributed by atoms with Gasteiger partial charge in [0.2, 0.25) is 0 Å². The summed E-state index contributed by atoms with van der Waals surface area (Å²) in [6.07, 6.45) is 3.65. The average Bonchev–Trinajstić information content (AvgIpc) is 3.54. The summed E-state index contributed by atoms with van der Waals surface area (Å²) in [5, 5.41) is 2.42. The Morgan fingerprint density at radius 3 is 1.57 bits per heavy atom. The summed E-state index contributed by atoms with van der Waals surface area (Å²) in [6.45, 7) is 0. The van der Waals surface area contributed by atoms with Crippen molar-refractivity contribution in [1.82, 2.24) is 15.0 Å². The van der Waals surface area contributed by atoms with Crippen LogP contribution in [-0.4, -0.2) is 15.0 Å². The first kappa shape index (κ1) is 30.8. The normalized spacial score (nSPS) is 12.7. The molecule has 0 spiro atoms. The van der Waals surface area contributed by atoms with Crippen molar-refractivity contribution in [3.8, 4) is 56.2 Å². The number of rotatable bonds is 6. The summed E-state index contributed by atoms with van der Waals surface area (Å²) in [7, 11) is 0. The van der Waals surface area contributed by atoms with E-state index in [0.717, 1.165) is 39.5 Å². The van der Waals surface area contributed by atoms with E-state index in [1.54, 1.807) is 0 Å². The lowest BCUT2D eigenvalue weighted by atomic mass is 9.67.